The number of benzene rings is 1. The van der Waals surface area contributed by atoms with Crippen molar-refractivity contribution in [3.63, 3.8) is 0 Å². The zero-order valence-electron chi connectivity index (χ0n) is 25.6. The van der Waals surface area contributed by atoms with Crippen LogP contribution in [-0.2, 0) is 13.0 Å². The summed E-state index contributed by atoms with van der Waals surface area (Å²) in [5, 5.41) is 0.686. The minimum atomic E-state index is 0.686. The topological polar surface area (TPSA) is 34.4 Å². The van der Waals surface area contributed by atoms with Gasteiger partial charge >= 0.3 is 0 Å². The Labute approximate surface area is 249 Å². The monoisotopic (exact) mass is 569 g/mol. The maximum Gasteiger partial charge on any atom is 0.185 e. The SMILES string of the molecule is CCCCCCCCCCCC1=[N+](Cc2ccc(Cl)cn2)CCc2c1ccc(OC)c2OCCCCCCCC. The second-order valence-corrected chi connectivity index (χ2v) is 11.8. The maximum atomic E-state index is 6.46. The number of halogens is 1. The lowest BCUT2D eigenvalue weighted by Crippen LogP contribution is -2.30. The van der Waals surface area contributed by atoms with Crippen LogP contribution in [0.3, 0.4) is 0 Å². The van der Waals surface area contributed by atoms with Gasteiger partial charge in [0.1, 0.15) is 12.2 Å². The maximum absolute atomic E-state index is 6.46. The van der Waals surface area contributed by atoms with Crippen LogP contribution < -0.4 is 9.47 Å². The molecule has 0 saturated carbocycles. The fourth-order valence-corrected chi connectivity index (χ4v) is 5.93. The van der Waals surface area contributed by atoms with Crippen molar-refractivity contribution >= 4 is 17.3 Å². The molecule has 0 aliphatic carbocycles. The van der Waals surface area contributed by atoms with E-state index >= 15 is 0 Å². The van der Waals surface area contributed by atoms with Crippen LogP contribution >= 0.6 is 11.6 Å². The molecule has 0 radical (unpaired) electrons. The van der Waals surface area contributed by atoms with Crippen LogP contribution in [0, 0.1) is 0 Å². The second-order valence-electron chi connectivity index (χ2n) is 11.4. The highest BCUT2D eigenvalue weighted by Crippen LogP contribution is 2.37. The normalized spacial score (nSPS) is 13.0. The quantitative estimate of drug-likeness (QED) is 0.111. The molecule has 4 nitrogen and oxygen atoms in total. The van der Waals surface area contributed by atoms with Crippen molar-refractivity contribution in [2.45, 2.75) is 130 Å². The third kappa shape index (κ3) is 10.7. The van der Waals surface area contributed by atoms with Crippen LogP contribution in [0.4, 0.5) is 0 Å². The molecule has 0 atom stereocenters. The van der Waals surface area contributed by atoms with Gasteiger partial charge in [0, 0.05) is 30.2 Å². The number of rotatable bonds is 21. The first-order valence-corrected chi connectivity index (χ1v) is 16.6. The van der Waals surface area contributed by atoms with Crippen LogP contribution in [-0.4, -0.2) is 35.5 Å². The first kappa shape index (κ1) is 32.4. The Kier molecular flexibility index (Phi) is 15.5. The van der Waals surface area contributed by atoms with Crippen LogP contribution in [0.25, 0.3) is 0 Å². The summed E-state index contributed by atoms with van der Waals surface area (Å²) in [5.74, 6) is 1.82. The molecule has 2 aromatic rings. The molecule has 3 rings (SSSR count). The number of pyridine rings is 1. The highest BCUT2D eigenvalue weighted by atomic mass is 35.5. The summed E-state index contributed by atoms with van der Waals surface area (Å²) < 4.78 is 14.8. The van der Waals surface area contributed by atoms with Gasteiger partial charge in [0.05, 0.1) is 18.7 Å². The average molecular weight is 570 g/mol. The number of unbranched alkanes of at least 4 members (excludes halogenated alkanes) is 13. The lowest BCUT2D eigenvalue weighted by molar-refractivity contribution is -0.546. The van der Waals surface area contributed by atoms with E-state index in [9.17, 15) is 0 Å². The molecular formula is C35H54ClN2O2+. The summed E-state index contributed by atoms with van der Waals surface area (Å²) in [4.78, 5) is 4.60. The molecule has 0 amide bonds. The van der Waals surface area contributed by atoms with E-state index in [0.29, 0.717) is 5.02 Å². The molecule has 0 N–H and O–H groups in total. The number of nitrogens with zero attached hydrogens (tertiary/aromatic N) is 2. The Bertz CT molecular complexity index is 1020. The van der Waals surface area contributed by atoms with Crippen LogP contribution in [0.5, 0.6) is 11.5 Å². The number of hydrogen-bond acceptors (Lipinski definition) is 3. The first-order valence-electron chi connectivity index (χ1n) is 16.2. The van der Waals surface area contributed by atoms with E-state index in [1.54, 1.807) is 13.3 Å². The molecule has 40 heavy (non-hydrogen) atoms. The predicted molar refractivity (Wildman–Crippen MR) is 170 cm³/mol. The van der Waals surface area contributed by atoms with E-state index in [1.165, 1.54) is 107 Å². The molecular weight excluding hydrogens is 516 g/mol. The number of aromatic nitrogens is 1. The molecule has 0 fully saturated rings. The van der Waals surface area contributed by atoms with E-state index in [1.807, 2.05) is 6.07 Å². The third-order valence-corrected chi connectivity index (χ3v) is 8.40. The second kappa shape index (κ2) is 19.1. The van der Waals surface area contributed by atoms with Gasteiger partial charge in [0.15, 0.2) is 23.8 Å². The standard InChI is InChI=1S/C35H54ClN2O2/c1-4-6-8-10-12-13-14-15-17-19-33-31-22-23-34(39-3)35(40-26-18-16-11-9-7-5-2)32(31)24-25-38(33)28-30-21-20-29(36)27-37-30/h20-23,27H,4-19,24-26,28H2,1-3H3/q+1. The Morgan fingerprint density at radius 2 is 1.45 bits per heavy atom. The van der Waals surface area contributed by atoms with Crippen LogP contribution in [0.2, 0.25) is 5.02 Å². The van der Waals surface area contributed by atoms with Gasteiger partial charge in [-0.3, -0.25) is 4.98 Å². The summed E-state index contributed by atoms with van der Waals surface area (Å²) in [5.41, 5.74) is 5.13. The van der Waals surface area contributed by atoms with Crippen molar-refractivity contribution in [2.24, 2.45) is 0 Å². The molecule has 1 aliphatic rings. The highest BCUT2D eigenvalue weighted by Gasteiger charge is 2.30. The fraction of sp³-hybridized carbons (Fsp3) is 0.657. The van der Waals surface area contributed by atoms with Crippen LogP contribution in [0.15, 0.2) is 30.5 Å². The summed E-state index contributed by atoms with van der Waals surface area (Å²) in [6, 6.07) is 8.37. The van der Waals surface area contributed by atoms with Gasteiger partial charge in [-0.05, 0) is 37.1 Å². The molecule has 0 spiro atoms. The molecule has 2 heterocycles. The number of hydrogen-bond donors (Lipinski definition) is 0. The smallest absolute Gasteiger partial charge is 0.185 e. The number of fused-ring (bicyclic) bond motifs is 1. The first-order chi connectivity index (χ1) is 19.7. The molecule has 0 saturated heterocycles. The molecule has 1 aromatic carbocycles. The zero-order chi connectivity index (χ0) is 28.4. The van der Waals surface area contributed by atoms with E-state index in [0.717, 1.165) is 56.2 Å². The Balaban J connectivity index is 1.71. The van der Waals surface area contributed by atoms with Crippen LogP contribution in [0.1, 0.15) is 133 Å². The molecule has 0 bridgehead atoms. The van der Waals surface area contributed by atoms with Gasteiger partial charge < -0.3 is 9.47 Å². The average Bonchev–Trinajstić information content (AvgIpc) is 2.97. The van der Waals surface area contributed by atoms with Crippen molar-refractivity contribution in [1.82, 2.24) is 4.98 Å². The number of methoxy groups -OCH3 is 1. The van der Waals surface area contributed by atoms with Gasteiger partial charge in [-0.25, -0.2) is 4.58 Å². The van der Waals surface area contributed by atoms with Gasteiger partial charge in [0.2, 0.25) is 0 Å². The number of ether oxygens (including phenoxy) is 2. The Morgan fingerprint density at radius 3 is 2.08 bits per heavy atom. The van der Waals surface area contributed by atoms with Gasteiger partial charge in [-0.1, -0.05) is 109 Å². The van der Waals surface area contributed by atoms with Crippen molar-refractivity contribution in [2.75, 3.05) is 20.3 Å². The van der Waals surface area contributed by atoms with Gasteiger partial charge in [-0.15, -0.1) is 0 Å². The van der Waals surface area contributed by atoms with Crippen molar-refractivity contribution in [3.8, 4) is 11.5 Å². The van der Waals surface area contributed by atoms with E-state index < -0.39 is 0 Å². The lowest BCUT2D eigenvalue weighted by atomic mass is 9.92. The summed E-state index contributed by atoms with van der Waals surface area (Å²) >= 11 is 6.12. The summed E-state index contributed by atoms with van der Waals surface area (Å²) in [6.07, 6.45) is 23.4. The minimum absolute atomic E-state index is 0.686. The molecule has 5 heteroatoms. The highest BCUT2D eigenvalue weighted by molar-refractivity contribution is 6.30. The predicted octanol–water partition coefficient (Wildman–Crippen LogP) is 9.96. The van der Waals surface area contributed by atoms with E-state index in [4.69, 9.17) is 21.1 Å². The zero-order valence-corrected chi connectivity index (χ0v) is 26.4. The van der Waals surface area contributed by atoms with Gasteiger partial charge in [0.25, 0.3) is 0 Å². The molecule has 1 aromatic heterocycles. The van der Waals surface area contributed by atoms with Crippen molar-refractivity contribution < 1.29 is 14.0 Å². The van der Waals surface area contributed by atoms with E-state index in [-0.39, 0.29) is 0 Å². The molecule has 222 valence electrons. The molecule has 1 aliphatic heterocycles. The summed E-state index contributed by atoms with van der Waals surface area (Å²) in [6.45, 7) is 7.08. The lowest BCUT2D eigenvalue weighted by Gasteiger charge is -2.23. The fourth-order valence-electron chi connectivity index (χ4n) is 5.82. The Hall–Kier alpha value is -2.07. The largest absolute Gasteiger partial charge is 0.493 e. The minimum Gasteiger partial charge on any atom is -0.493 e. The third-order valence-electron chi connectivity index (χ3n) is 8.17. The van der Waals surface area contributed by atoms with E-state index in [2.05, 4.69) is 41.6 Å². The van der Waals surface area contributed by atoms with Crippen molar-refractivity contribution in [3.05, 3.63) is 52.3 Å². The van der Waals surface area contributed by atoms with Gasteiger partial charge in [-0.2, -0.15) is 0 Å². The summed E-state index contributed by atoms with van der Waals surface area (Å²) in [7, 11) is 1.76. The molecule has 0 unspecified atom stereocenters. The van der Waals surface area contributed by atoms with Crippen molar-refractivity contribution in [1.29, 1.82) is 0 Å². The Morgan fingerprint density at radius 1 is 0.800 bits per heavy atom.